The van der Waals surface area contributed by atoms with Crippen LogP contribution in [-0.4, -0.2) is 10.9 Å². The standard InChI is InChI=1S/C13H17FN2O/c1-12(2)10(13(12,3)4)11(17)16-9-7-8(14)5-6-15-9/h5-7,10H,1-4H3,(H,15,16,17). The number of pyridine rings is 1. The van der Waals surface area contributed by atoms with Crippen LogP contribution in [-0.2, 0) is 4.79 Å². The Morgan fingerprint density at radius 2 is 1.94 bits per heavy atom. The van der Waals surface area contributed by atoms with Crippen LogP contribution in [0.2, 0.25) is 0 Å². The van der Waals surface area contributed by atoms with Gasteiger partial charge in [-0.1, -0.05) is 27.7 Å². The predicted molar refractivity (Wildman–Crippen MR) is 63.9 cm³/mol. The maximum absolute atomic E-state index is 12.9. The Hall–Kier alpha value is -1.45. The maximum atomic E-state index is 12.9. The van der Waals surface area contributed by atoms with Crippen molar-refractivity contribution >= 4 is 11.7 Å². The predicted octanol–water partition coefficient (Wildman–Crippen LogP) is 2.84. The van der Waals surface area contributed by atoms with E-state index in [1.807, 2.05) is 0 Å². The number of hydrogen-bond acceptors (Lipinski definition) is 2. The molecule has 1 N–H and O–H groups in total. The van der Waals surface area contributed by atoms with E-state index in [0.717, 1.165) is 0 Å². The highest BCUT2D eigenvalue weighted by atomic mass is 19.1. The van der Waals surface area contributed by atoms with E-state index in [2.05, 4.69) is 38.0 Å². The normalized spacial score (nSPS) is 21.0. The van der Waals surface area contributed by atoms with Crippen LogP contribution in [0.15, 0.2) is 18.3 Å². The molecule has 1 heterocycles. The largest absolute Gasteiger partial charge is 0.310 e. The third-order valence-electron chi connectivity index (χ3n) is 4.26. The molecule has 0 atom stereocenters. The number of halogens is 1. The Morgan fingerprint density at radius 3 is 2.41 bits per heavy atom. The van der Waals surface area contributed by atoms with Gasteiger partial charge >= 0.3 is 0 Å². The summed E-state index contributed by atoms with van der Waals surface area (Å²) < 4.78 is 12.9. The molecule has 0 spiro atoms. The van der Waals surface area contributed by atoms with Gasteiger partial charge in [0, 0.05) is 18.2 Å². The molecule has 1 aromatic rings. The zero-order valence-electron chi connectivity index (χ0n) is 10.5. The summed E-state index contributed by atoms with van der Waals surface area (Å²) in [5.74, 6) is -0.267. The van der Waals surface area contributed by atoms with Gasteiger partial charge in [0.25, 0.3) is 0 Å². The molecule has 4 heteroatoms. The summed E-state index contributed by atoms with van der Waals surface area (Å²) in [6.45, 7) is 8.26. The van der Waals surface area contributed by atoms with Crippen molar-refractivity contribution in [2.24, 2.45) is 16.7 Å². The van der Waals surface area contributed by atoms with Gasteiger partial charge in [-0.15, -0.1) is 0 Å². The second kappa shape index (κ2) is 3.52. The van der Waals surface area contributed by atoms with E-state index in [9.17, 15) is 9.18 Å². The van der Waals surface area contributed by atoms with Crippen LogP contribution in [0.5, 0.6) is 0 Å². The zero-order chi connectivity index (χ0) is 12.8. The highest BCUT2D eigenvalue weighted by Gasteiger charge is 2.68. The second-order valence-electron chi connectivity index (χ2n) is 5.72. The van der Waals surface area contributed by atoms with Crippen molar-refractivity contribution in [2.75, 3.05) is 5.32 Å². The van der Waals surface area contributed by atoms with Gasteiger partial charge in [-0.25, -0.2) is 9.37 Å². The van der Waals surface area contributed by atoms with Crippen LogP contribution >= 0.6 is 0 Å². The molecule has 1 aliphatic carbocycles. The molecule has 1 amide bonds. The third kappa shape index (κ3) is 1.81. The average molecular weight is 236 g/mol. The van der Waals surface area contributed by atoms with Crippen molar-refractivity contribution in [1.29, 1.82) is 0 Å². The highest BCUT2D eigenvalue weighted by Crippen LogP contribution is 2.68. The molecule has 92 valence electrons. The smallest absolute Gasteiger partial charge is 0.229 e. The van der Waals surface area contributed by atoms with E-state index < -0.39 is 5.82 Å². The van der Waals surface area contributed by atoms with Crippen LogP contribution in [0.4, 0.5) is 10.2 Å². The summed E-state index contributed by atoms with van der Waals surface area (Å²) >= 11 is 0. The number of nitrogens with zero attached hydrogens (tertiary/aromatic N) is 1. The van der Waals surface area contributed by atoms with Crippen LogP contribution < -0.4 is 5.32 Å². The quantitative estimate of drug-likeness (QED) is 0.857. The van der Waals surface area contributed by atoms with Crippen molar-refractivity contribution in [3.05, 3.63) is 24.1 Å². The molecule has 0 saturated heterocycles. The molecule has 17 heavy (non-hydrogen) atoms. The maximum Gasteiger partial charge on any atom is 0.229 e. The lowest BCUT2D eigenvalue weighted by Gasteiger charge is -2.05. The van der Waals surface area contributed by atoms with Crippen molar-refractivity contribution < 1.29 is 9.18 Å². The number of carbonyl (C=O) groups is 1. The van der Waals surface area contributed by atoms with Crippen molar-refractivity contribution in [1.82, 2.24) is 4.98 Å². The molecule has 2 rings (SSSR count). The number of hydrogen-bond donors (Lipinski definition) is 1. The number of carbonyl (C=O) groups excluding carboxylic acids is 1. The number of amides is 1. The summed E-state index contributed by atoms with van der Waals surface area (Å²) in [6, 6.07) is 2.47. The first-order valence-corrected chi connectivity index (χ1v) is 5.69. The third-order valence-corrected chi connectivity index (χ3v) is 4.26. The molecule has 1 aromatic heterocycles. The van der Waals surface area contributed by atoms with E-state index in [4.69, 9.17) is 0 Å². The highest BCUT2D eigenvalue weighted by molar-refractivity contribution is 5.95. The van der Waals surface area contributed by atoms with Gasteiger partial charge in [0.15, 0.2) is 0 Å². The zero-order valence-corrected chi connectivity index (χ0v) is 10.5. The Labute approximate surface area is 100 Å². The second-order valence-corrected chi connectivity index (χ2v) is 5.72. The Bertz CT molecular complexity index is 454. The Morgan fingerprint density at radius 1 is 1.35 bits per heavy atom. The molecule has 1 aliphatic rings. The fraction of sp³-hybridized carbons (Fsp3) is 0.538. The monoisotopic (exact) mass is 236 g/mol. The van der Waals surface area contributed by atoms with E-state index in [-0.39, 0.29) is 28.5 Å². The summed E-state index contributed by atoms with van der Waals surface area (Å²) in [6.07, 6.45) is 1.34. The van der Waals surface area contributed by atoms with Gasteiger partial charge in [0.05, 0.1) is 0 Å². The van der Waals surface area contributed by atoms with Crippen molar-refractivity contribution in [2.45, 2.75) is 27.7 Å². The summed E-state index contributed by atoms with van der Waals surface area (Å²) in [7, 11) is 0. The molecule has 1 saturated carbocycles. The van der Waals surface area contributed by atoms with Crippen LogP contribution in [0.3, 0.4) is 0 Å². The molecular weight excluding hydrogens is 219 g/mol. The molecule has 0 aliphatic heterocycles. The van der Waals surface area contributed by atoms with Gasteiger partial charge < -0.3 is 5.32 Å². The molecule has 0 bridgehead atoms. The molecule has 0 unspecified atom stereocenters. The minimum absolute atomic E-state index is 0.0234. The van der Waals surface area contributed by atoms with Gasteiger partial charge in [-0.3, -0.25) is 4.79 Å². The molecule has 0 aromatic carbocycles. The number of rotatable bonds is 2. The Kier molecular flexibility index (Phi) is 2.49. The first-order valence-electron chi connectivity index (χ1n) is 5.69. The van der Waals surface area contributed by atoms with Crippen LogP contribution in [0, 0.1) is 22.6 Å². The summed E-state index contributed by atoms with van der Waals surface area (Å²) in [4.78, 5) is 16.0. The Balaban J connectivity index is 2.10. The minimum Gasteiger partial charge on any atom is -0.310 e. The fourth-order valence-corrected chi connectivity index (χ4v) is 2.52. The van der Waals surface area contributed by atoms with Gasteiger partial charge in [-0.2, -0.15) is 0 Å². The molecular formula is C13H17FN2O. The lowest BCUT2D eigenvalue weighted by molar-refractivity contribution is -0.118. The van der Waals surface area contributed by atoms with Crippen LogP contribution in [0.25, 0.3) is 0 Å². The molecule has 1 fully saturated rings. The van der Waals surface area contributed by atoms with Crippen LogP contribution in [0.1, 0.15) is 27.7 Å². The van der Waals surface area contributed by atoms with E-state index in [1.54, 1.807) is 0 Å². The summed E-state index contributed by atoms with van der Waals surface area (Å²) in [5.41, 5.74) is -0.0468. The van der Waals surface area contributed by atoms with E-state index >= 15 is 0 Å². The SMILES string of the molecule is CC1(C)C(C(=O)Nc2cc(F)ccn2)C1(C)C. The molecule has 3 nitrogen and oxygen atoms in total. The van der Waals surface area contributed by atoms with Gasteiger partial charge in [0.1, 0.15) is 11.6 Å². The lowest BCUT2D eigenvalue weighted by Crippen LogP contribution is -2.18. The lowest BCUT2D eigenvalue weighted by atomic mass is 10.0. The van der Waals surface area contributed by atoms with Gasteiger partial charge in [0.2, 0.25) is 5.91 Å². The number of anilines is 1. The van der Waals surface area contributed by atoms with Gasteiger partial charge in [-0.05, 0) is 16.9 Å². The first kappa shape index (κ1) is 12.0. The van der Waals surface area contributed by atoms with Crippen molar-refractivity contribution in [3.63, 3.8) is 0 Å². The summed E-state index contributed by atoms with van der Waals surface area (Å²) in [5, 5.41) is 2.67. The minimum atomic E-state index is -0.399. The average Bonchev–Trinajstić information content (AvgIpc) is 2.56. The van der Waals surface area contributed by atoms with E-state index in [0.29, 0.717) is 0 Å². The topological polar surface area (TPSA) is 42.0 Å². The number of nitrogens with one attached hydrogen (secondary N) is 1. The molecule has 0 radical (unpaired) electrons. The number of aromatic nitrogens is 1. The first-order chi connectivity index (χ1) is 7.76. The van der Waals surface area contributed by atoms with E-state index in [1.165, 1.54) is 18.3 Å². The van der Waals surface area contributed by atoms with Crippen molar-refractivity contribution in [3.8, 4) is 0 Å². The fourth-order valence-electron chi connectivity index (χ4n) is 2.52.